The average Bonchev–Trinajstić information content (AvgIpc) is 2.76. The largest absolute Gasteiger partial charge is 0.508 e. The molecule has 0 aliphatic heterocycles. The van der Waals surface area contributed by atoms with Crippen LogP contribution in [0.4, 0.5) is 5.69 Å². The van der Waals surface area contributed by atoms with Crippen molar-refractivity contribution in [2.45, 2.75) is 56.8 Å². The average molecular weight is 516 g/mol. The SMILES string of the molecule is C[C@H]1c2c(N)cc(C(C)(C)C)c(O)c2C(O)=C2C(=O)[C@]3(O)C(O)=C(C(N)=O)C(=O)[C@@H](N(C)C)[C@@H]3[C@@H](O)[C@@H]21. The highest BCUT2D eigenvalue weighted by molar-refractivity contribution is 6.24. The van der Waals surface area contributed by atoms with Crippen LogP contribution in [0.1, 0.15) is 50.3 Å². The number of hydrogen-bond donors (Lipinski definition) is 7. The Hall–Kier alpha value is -3.41. The minimum atomic E-state index is -2.95. The summed E-state index contributed by atoms with van der Waals surface area (Å²) in [6.45, 7) is 7.11. The summed E-state index contributed by atoms with van der Waals surface area (Å²) < 4.78 is 0. The summed E-state index contributed by atoms with van der Waals surface area (Å²) in [5.74, 6) is -9.35. The second-order valence-corrected chi connectivity index (χ2v) is 11.4. The van der Waals surface area contributed by atoms with Crippen molar-refractivity contribution >= 4 is 28.9 Å². The number of rotatable bonds is 2. The lowest BCUT2D eigenvalue weighted by molar-refractivity contribution is -0.169. The van der Waals surface area contributed by atoms with Gasteiger partial charge in [-0.1, -0.05) is 27.7 Å². The fourth-order valence-electron chi connectivity index (χ4n) is 6.38. The van der Waals surface area contributed by atoms with E-state index in [-0.39, 0.29) is 17.0 Å². The first kappa shape index (κ1) is 26.6. The molecule has 3 aliphatic carbocycles. The van der Waals surface area contributed by atoms with E-state index >= 15 is 0 Å². The quantitative estimate of drug-likeness (QED) is 0.164. The van der Waals surface area contributed by atoms with Gasteiger partial charge in [-0.15, -0.1) is 0 Å². The van der Waals surface area contributed by atoms with Crippen molar-refractivity contribution in [2.75, 3.05) is 19.8 Å². The van der Waals surface area contributed by atoms with Crippen molar-refractivity contribution in [3.05, 3.63) is 39.7 Å². The van der Waals surface area contributed by atoms with Gasteiger partial charge in [-0.2, -0.15) is 0 Å². The third-order valence-electron chi connectivity index (χ3n) is 8.06. The third kappa shape index (κ3) is 3.27. The Kier molecular flexibility index (Phi) is 5.79. The number of aliphatic hydroxyl groups is 4. The van der Waals surface area contributed by atoms with Crippen LogP contribution >= 0.6 is 0 Å². The number of nitrogens with zero attached hydrogens (tertiary/aromatic N) is 1. The number of amides is 1. The minimum Gasteiger partial charge on any atom is -0.508 e. The number of likely N-dealkylation sites (N-methyl/N-ethyl adjacent to an activating group) is 1. The van der Waals surface area contributed by atoms with Gasteiger partial charge >= 0.3 is 0 Å². The molecule has 1 aromatic rings. The number of ketones is 2. The fourth-order valence-corrected chi connectivity index (χ4v) is 6.38. The second kappa shape index (κ2) is 8.04. The molecule has 0 bridgehead atoms. The molecule has 37 heavy (non-hydrogen) atoms. The van der Waals surface area contributed by atoms with E-state index in [1.165, 1.54) is 19.0 Å². The molecule has 0 saturated heterocycles. The zero-order valence-corrected chi connectivity index (χ0v) is 21.5. The highest BCUT2D eigenvalue weighted by Gasteiger charge is 2.68. The second-order valence-electron chi connectivity index (χ2n) is 11.4. The van der Waals surface area contributed by atoms with Gasteiger partial charge < -0.3 is 37.0 Å². The summed E-state index contributed by atoms with van der Waals surface area (Å²) in [4.78, 5) is 40.6. The van der Waals surface area contributed by atoms with Gasteiger partial charge in [0.05, 0.1) is 23.6 Å². The number of hydrogen-bond acceptors (Lipinski definition) is 10. The fraction of sp³-hybridized carbons (Fsp3) is 0.500. The Morgan fingerprint density at radius 1 is 1.14 bits per heavy atom. The maximum absolute atomic E-state index is 14.0. The van der Waals surface area contributed by atoms with Crippen molar-refractivity contribution in [3.63, 3.8) is 0 Å². The van der Waals surface area contributed by atoms with E-state index in [0.29, 0.717) is 11.1 Å². The van der Waals surface area contributed by atoms with Crippen LogP contribution < -0.4 is 11.5 Å². The van der Waals surface area contributed by atoms with Gasteiger partial charge in [-0.3, -0.25) is 19.3 Å². The van der Waals surface area contributed by atoms with Crippen LogP contribution in [0.2, 0.25) is 0 Å². The maximum Gasteiger partial charge on any atom is 0.255 e. The standard InChI is InChI=1S/C26H33N3O8/c1-8-11-10(27)7-9(25(2,3)4)18(30)13(11)19(31)14-12(8)20(32)16-17(29(5)6)21(33)15(24(28)36)23(35)26(16,37)22(14)34/h7-8,12,16-17,20,30-32,35,37H,27H2,1-6H3,(H2,28,36)/t8-,12+,16+,17-,20-,26-/m0/s1. The lowest BCUT2D eigenvalue weighted by Gasteiger charge is -2.53. The number of nitrogen functional groups attached to an aromatic ring is 1. The molecule has 0 aromatic heterocycles. The lowest BCUT2D eigenvalue weighted by atomic mass is 9.54. The number of anilines is 1. The van der Waals surface area contributed by atoms with E-state index in [2.05, 4.69) is 0 Å². The highest BCUT2D eigenvalue weighted by Crippen LogP contribution is 2.57. The van der Waals surface area contributed by atoms with Crippen molar-refractivity contribution in [1.29, 1.82) is 0 Å². The van der Waals surface area contributed by atoms with Gasteiger partial charge in [0.15, 0.2) is 11.4 Å². The summed E-state index contributed by atoms with van der Waals surface area (Å²) in [7, 11) is 2.90. The van der Waals surface area contributed by atoms with Crippen LogP contribution in [0.5, 0.6) is 5.75 Å². The zero-order valence-electron chi connectivity index (χ0n) is 21.5. The highest BCUT2D eigenvalue weighted by atomic mass is 16.4. The first-order valence-corrected chi connectivity index (χ1v) is 11.9. The lowest BCUT2D eigenvalue weighted by Crippen LogP contribution is -2.70. The number of carbonyl (C=O) groups excluding carboxylic acids is 3. The van der Waals surface area contributed by atoms with Crippen molar-refractivity contribution < 1.29 is 39.9 Å². The summed E-state index contributed by atoms with van der Waals surface area (Å²) in [6, 6.07) is 0.171. The van der Waals surface area contributed by atoms with Crippen LogP contribution in [-0.2, 0) is 19.8 Å². The number of primary amides is 1. The number of phenolic OH excluding ortho intramolecular Hbond substituents is 1. The smallest absolute Gasteiger partial charge is 0.255 e. The molecule has 1 amide bonds. The number of carbonyl (C=O) groups is 3. The number of phenols is 1. The van der Waals surface area contributed by atoms with Gasteiger partial charge in [-0.05, 0) is 37.1 Å². The van der Waals surface area contributed by atoms with Gasteiger partial charge in [0.2, 0.25) is 5.78 Å². The van der Waals surface area contributed by atoms with Crippen LogP contribution in [0, 0.1) is 11.8 Å². The van der Waals surface area contributed by atoms with E-state index in [1.54, 1.807) is 13.0 Å². The molecule has 11 heteroatoms. The van der Waals surface area contributed by atoms with Crippen molar-refractivity contribution in [2.24, 2.45) is 17.6 Å². The number of fused-ring (bicyclic) bond motifs is 3. The Balaban J connectivity index is 2.10. The Bertz CT molecular complexity index is 1320. The molecule has 9 N–H and O–H groups in total. The first-order valence-electron chi connectivity index (χ1n) is 11.9. The molecule has 1 fully saturated rings. The first-order chi connectivity index (χ1) is 16.9. The molecule has 0 heterocycles. The summed E-state index contributed by atoms with van der Waals surface area (Å²) in [5, 5.41) is 56.9. The number of Topliss-reactive ketones (excluding diaryl/α,β-unsaturated/α-hetero) is 2. The van der Waals surface area contributed by atoms with E-state index in [0.717, 1.165) is 0 Å². The normalized spacial score (nSPS) is 31.9. The summed E-state index contributed by atoms with van der Waals surface area (Å²) in [6.07, 6.45) is -1.67. The Labute approximate surface area is 213 Å². The number of nitrogens with two attached hydrogens (primary N) is 2. The van der Waals surface area contributed by atoms with Crippen LogP contribution in [-0.4, -0.2) is 79.7 Å². The molecule has 0 unspecified atom stereocenters. The number of aliphatic hydroxyl groups excluding tert-OH is 3. The Morgan fingerprint density at radius 2 is 1.70 bits per heavy atom. The van der Waals surface area contributed by atoms with E-state index < -0.39 is 81.1 Å². The van der Waals surface area contributed by atoms with Gasteiger partial charge in [0.1, 0.15) is 22.8 Å². The van der Waals surface area contributed by atoms with E-state index in [1.807, 2.05) is 20.8 Å². The molecular formula is C26H33N3O8. The van der Waals surface area contributed by atoms with Gasteiger partial charge in [-0.25, -0.2) is 0 Å². The predicted octanol–water partition coefficient (Wildman–Crippen LogP) is 0.376. The topological polar surface area (TPSA) is 208 Å². The molecule has 6 atom stereocenters. The maximum atomic E-state index is 14.0. The van der Waals surface area contributed by atoms with E-state index in [9.17, 15) is 39.9 Å². The van der Waals surface area contributed by atoms with E-state index in [4.69, 9.17) is 11.5 Å². The summed E-state index contributed by atoms with van der Waals surface area (Å²) >= 11 is 0. The minimum absolute atomic E-state index is 0.110. The predicted molar refractivity (Wildman–Crippen MR) is 133 cm³/mol. The Morgan fingerprint density at radius 3 is 2.19 bits per heavy atom. The van der Waals surface area contributed by atoms with Gasteiger partial charge in [0, 0.05) is 22.7 Å². The third-order valence-corrected chi connectivity index (χ3v) is 8.06. The molecule has 1 aromatic carbocycles. The molecule has 0 radical (unpaired) electrons. The zero-order chi connectivity index (χ0) is 28.1. The summed E-state index contributed by atoms with van der Waals surface area (Å²) in [5.41, 5.74) is 7.54. The number of benzene rings is 1. The molecule has 0 spiro atoms. The molecule has 1 saturated carbocycles. The molecule has 4 rings (SSSR count). The monoisotopic (exact) mass is 515 g/mol. The van der Waals surface area contributed by atoms with Crippen LogP contribution in [0.3, 0.4) is 0 Å². The molecule has 3 aliphatic rings. The van der Waals surface area contributed by atoms with Crippen LogP contribution in [0.25, 0.3) is 5.76 Å². The molecule has 200 valence electrons. The molecular weight excluding hydrogens is 482 g/mol. The van der Waals surface area contributed by atoms with Crippen molar-refractivity contribution in [1.82, 2.24) is 4.90 Å². The van der Waals surface area contributed by atoms with Crippen molar-refractivity contribution in [3.8, 4) is 5.75 Å². The molecule has 11 nitrogen and oxygen atoms in total. The van der Waals surface area contributed by atoms with Crippen LogP contribution in [0.15, 0.2) is 23.0 Å². The van der Waals surface area contributed by atoms with Gasteiger partial charge in [0.25, 0.3) is 5.91 Å². The number of aromatic hydroxyl groups is 1.